The first-order valence-corrected chi connectivity index (χ1v) is 10.6. The van der Waals surface area contributed by atoms with Gasteiger partial charge in [-0.05, 0) is 62.2 Å². The molecule has 3 aromatic rings. The van der Waals surface area contributed by atoms with Crippen molar-refractivity contribution >= 4 is 23.0 Å². The minimum Gasteiger partial charge on any atom is -0.496 e. The Balaban J connectivity index is 1.90. The summed E-state index contributed by atoms with van der Waals surface area (Å²) in [6, 6.07) is 16.4. The van der Waals surface area contributed by atoms with Crippen molar-refractivity contribution in [2.75, 3.05) is 29.7 Å². The van der Waals surface area contributed by atoms with Gasteiger partial charge in [0, 0.05) is 30.4 Å². The largest absolute Gasteiger partial charge is 0.496 e. The number of amides is 1. The molecule has 0 aromatic heterocycles. The van der Waals surface area contributed by atoms with E-state index in [4.69, 9.17) is 4.74 Å². The molecule has 6 heteroatoms. The summed E-state index contributed by atoms with van der Waals surface area (Å²) in [4.78, 5) is 14.8. The molecule has 3 aromatic carbocycles. The molecule has 0 radical (unpaired) electrons. The predicted molar refractivity (Wildman–Crippen MR) is 128 cm³/mol. The number of carbonyl (C=O) groups excluding carboxylic acids is 1. The van der Waals surface area contributed by atoms with Crippen LogP contribution in [0, 0.1) is 12.7 Å². The monoisotopic (exact) mass is 433 g/mol. The van der Waals surface area contributed by atoms with Crippen molar-refractivity contribution in [2.45, 2.75) is 32.9 Å². The molecule has 0 bridgehead atoms. The van der Waals surface area contributed by atoms with Crippen molar-refractivity contribution in [1.82, 2.24) is 0 Å². The van der Waals surface area contributed by atoms with Gasteiger partial charge in [-0.3, -0.25) is 4.79 Å². The number of hydrogen-bond acceptors (Lipinski definition) is 4. The summed E-state index contributed by atoms with van der Waals surface area (Å²) in [5, 5.41) is 6.86. The number of halogens is 1. The molecular formula is C26H28FN3O2. The number of nitrogens with zero attached hydrogens (tertiary/aromatic N) is 1. The number of para-hydroxylation sites is 1. The Hall–Kier alpha value is -3.54. The van der Waals surface area contributed by atoms with E-state index in [0.717, 1.165) is 33.8 Å². The van der Waals surface area contributed by atoms with E-state index >= 15 is 0 Å². The predicted octanol–water partition coefficient (Wildman–Crippen LogP) is 5.59. The number of hydrogen-bond donors (Lipinski definition) is 2. The summed E-state index contributed by atoms with van der Waals surface area (Å²) in [6.45, 7) is 6.22. The van der Waals surface area contributed by atoms with Crippen LogP contribution in [0.2, 0.25) is 0 Å². The molecule has 0 unspecified atom stereocenters. The first kappa shape index (κ1) is 21.7. The molecule has 4 rings (SSSR count). The maximum atomic E-state index is 14.2. The van der Waals surface area contributed by atoms with Crippen LogP contribution in [0.4, 0.5) is 21.5 Å². The second kappa shape index (κ2) is 8.19. The lowest BCUT2D eigenvalue weighted by Gasteiger charge is -2.40. The summed E-state index contributed by atoms with van der Waals surface area (Å²) in [5.74, 6) is 0.187. The van der Waals surface area contributed by atoms with E-state index in [0.29, 0.717) is 17.9 Å². The zero-order valence-corrected chi connectivity index (χ0v) is 19.0. The summed E-state index contributed by atoms with van der Waals surface area (Å²) >= 11 is 0. The Morgan fingerprint density at radius 1 is 1.09 bits per heavy atom. The van der Waals surface area contributed by atoms with Gasteiger partial charge in [-0.15, -0.1) is 0 Å². The quantitative estimate of drug-likeness (QED) is 0.551. The smallest absolute Gasteiger partial charge is 0.251 e. The summed E-state index contributed by atoms with van der Waals surface area (Å²) in [5.41, 5.74) is 5.36. The third-order valence-corrected chi connectivity index (χ3v) is 5.96. The summed E-state index contributed by atoms with van der Waals surface area (Å²) in [7, 11) is 3.35. The lowest BCUT2D eigenvalue weighted by atomic mass is 9.91. The molecule has 5 nitrogen and oxygen atoms in total. The van der Waals surface area contributed by atoms with Crippen LogP contribution in [-0.2, 0) is 11.3 Å². The van der Waals surface area contributed by atoms with E-state index in [1.807, 2.05) is 57.2 Å². The van der Waals surface area contributed by atoms with E-state index in [2.05, 4.69) is 10.6 Å². The number of aryl methyl sites for hydroxylation is 1. The van der Waals surface area contributed by atoms with Crippen LogP contribution in [0.5, 0.6) is 5.75 Å². The number of rotatable bonds is 5. The van der Waals surface area contributed by atoms with Crippen LogP contribution < -0.4 is 20.3 Å². The van der Waals surface area contributed by atoms with E-state index < -0.39 is 5.54 Å². The number of likely N-dealkylation sites (N-methyl/N-ethyl adjacent to an activating group) is 1. The third-order valence-electron chi connectivity index (χ3n) is 5.96. The molecule has 0 saturated heterocycles. The summed E-state index contributed by atoms with van der Waals surface area (Å²) in [6.07, 6.45) is 0. The highest BCUT2D eigenvalue weighted by atomic mass is 19.1. The Morgan fingerprint density at radius 2 is 1.84 bits per heavy atom. The van der Waals surface area contributed by atoms with E-state index in [-0.39, 0.29) is 11.7 Å². The van der Waals surface area contributed by atoms with Crippen molar-refractivity contribution in [3.05, 3.63) is 71.5 Å². The number of fused-ring (bicyclic) bond motifs is 1. The molecular weight excluding hydrogens is 405 g/mol. The normalized spacial score (nSPS) is 14.6. The molecule has 1 aliphatic heterocycles. The number of nitrogens with one attached hydrogen (secondary N) is 2. The third kappa shape index (κ3) is 3.77. The highest BCUT2D eigenvalue weighted by Crippen LogP contribution is 2.44. The maximum absolute atomic E-state index is 14.2. The van der Waals surface area contributed by atoms with Gasteiger partial charge in [-0.2, -0.15) is 0 Å². The Bertz CT molecular complexity index is 1190. The van der Waals surface area contributed by atoms with Crippen LogP contribution in [-0.4, -0.2) is 25.6 Å². The molecule has 2 N–H and O–H groups in total. The fraction of sp³-hybridized carbons (Fsp3) is 0.269. The standard InChI is InChI=1S/C26H28FN3O2/c1-16-8-6-7-9-21(16)28-15-20-18(19-14-17(27)10-13-23(19)32-5)11-12-22-24(20)30(4)25(31)26(2,3)29-22/h6-14,28-29H,15H2,1-5H3. The van der Waals surface area contributed by atoms with Crippen molar-refractivity contribution in [3.63, 3.8) is 0 Å². The molecule has 1 amide bonds. The highest BCUT2D eigenvalue weighted by Gasteiger charge is 2.38. The molecule has 0 atom stereocenters. The lowest BCUT2D eigenvalue weighted by Crippen LogP contribution is -2.52. The molecule has 0 spiro atoms. The van der Waals surface area contributed by atoms with Gasteiger partial charge in [0.2, 0.25) is 0 Å². The fourth-order valence-electron chi connectivity index (χ4n) is 4.31. The SMILES string of the molecule is COc1ccc(F)cc1-c1ccc2c(c1CNc1ccccc1C)N(C)C(=O)C(C)(C)N2. The molecule has 0 aliphatic carbocycles. The van der Waals surface area contributed by atoms with E-state index in [1.165, 1.54) is 12.1 Å². The van der Waals surface area contributed by atoms with Crippen LogP contribution in [0.1, 0.15) is 25.0 Å². The van der Waals surface area contributed by atoms with Gasteiger partial charge in [0.15, 0.2) is 0 Å². The van der Waals surface area contributed by atoms with Gasteiger partial charge in [0.1, 0.15) is 17.1 Å². The average molecular weight is 434 g/mol. The lowest BCUT2D eigenvalue weighted by molar-refractivity contribution is -0.121. The first-order chi connectivity index (χ1) is 15.2. The van der Waals surface area contributed by atoms with Crippen LogP contribution in [0.25, 0.3) is 11.1 Å². The Morgan fingerprint density at radius 3 is 2.56 bits per heavy atom. The first-order valence-electron chi connectivity index (χ1n) is 10.6. The molecule has 1 heterocycles. The topological polar surface area (TPSA) is 53.6 Å². The van der Waals surface area contributed by atoms with Crippen molar-refractivity contribution in [1.29, 1.82) is 0 Å². The number of anilines is 3. The van der Waals surface area contributed by atoms with Crippen LogP contribution in [0.15, 0.2) is 54.6 Å². The minimum absolute atomic E-state index is 0.0366. The highest BCUT2D eigenvalue weighted by molar-refractivity contribution is 6.09. The van der Waals surface area contributed by atoms with Gasteiger partial charge < -0.3 is 20.3 Å². The molecule has 1 aliphatic rings. The number of ether oxygens (including phenoxy) is 1. The van der Waals surface area contributed by atoms with Gasteiger partial charge in [-0.1, -0.05) is 24.3 Å². The van der Waals surface area contributed by atoms with Crippen molar-refractivity contribution < 1.29 is 13.9 Å². The summed E-state index contributed by atoms with van der Waals surface area (Å²) < 4.78 is 19.8. The number of carbonyl (C=O) groups is 1. The Labute approximate surface area is 188 Å². The van der Waals surface area contributed by atoms with Gasteiger partial charge in [-0.25, -0.2) is 4.39 Å². The fourth-order valence-corrected chi connectivity index (χ4v) is 4.31. The van der Waals surface area contributed by atoms with E-state index in [1.54, 1.807) is 25.1 Å². The van der Waals surface area contributed by atoms with Gasteiger partial charge in [0.25, 0.3) is 5.91 Å². The van der Waals surface area contributed by atoms with Crippen molar-refractivity contribution in [2.24, 2.45) is 0 Å². The Kier molecular flexibility index (Phi) is 5.55. The minimum atomic E-state index is -0.722. The van der Waals surface area contributed by atoms with Gasteiger partial charge in [0.05, 0.1) is 18.5 Å². The average Bonchev–Trinajstić information content (AvgIpc) is 2.76. The zero-order valence-electron chi connectivity index (χ0n) is 19.0. The molecule has 32 heavy (non-hydrogen) atoms. The second-order valence-electron chi connectivity index (χ2n) is 8.62. The molecule has 166 valence electrons. The maximum Gasteiger partial charge on any atom is 0.251 e. The number of methoxy groups -OCH3 is 1. The van der Waals surface area contributed by atoms with E-state index in [9.17, 15) is 9.18 Å². The molecule has 0 fully saturated rings. The van der Waals surface area contributed by atoms with Crippen molar-refractivity contribution in [3.8, 4) is 16.9 Å². The molecule has 0 saturated carbocycles. The number of benzene rings is 3. The van der Waals surface area contributed by atoms with Crippen LogP contribution >= 0.6 is 0 Å². The second-order valence-corrected chi connectivity index (χ2v) is 8.62. The van der Waals surface area contributed by atoms with Gasteiger partial charge >= 0.3 is 0 Å². The van der Waals surface area contributed by atoms with Crippen LogP contribution in [0.3, 0.4) is 0 Å². The zero-order chi connectivity index (χ0) is 23.0.